The van der Waals surface area contributed by atoms with Gasteiger partial charge in [-0.05, 0) is 15.9 Å². The standard InChI is InChI=1S/C13H11BrF2N2O/c1-7(2)13-17-11(14)6-12(18-13)19-10-4-8(15)3-9(16)5-10/h3-7H,1-2H3. The number of hydrogen-bond donors (Lipinski definition) is 0. The summed E-state index contributed by atoms with van der Waals surface area (Å²) in [6.07, 6.45) is 0. The Morgan fingerprint density at radius 3 is 2.26 bits per heavy atom. The fourth-order valence-electron chi connectivity index (χ4n) is 1.43. The minimum atomic E-state index is -0.702. The van der Waals surface area contributed by atoms with Gasteiger partial charge in [0.05, 0.1) is 0 Å². The van der Waals surface area contributed by atoms with Crippen LogP contribution in [0.1, 0.15) is 25.6 Å². The van der Waals surface area contributed by atoms with Crippen LogP contribution in [-0.2, 0) is 0 Å². The average Bonchev–Trinajstić information content (AvgIpc) is 2.26. The van der Waals surface area contributed by atoms with Crippen LogP contribution in [0.3, 0.4) is 0 Å². The van der Waals surface area contributed by atoms with E-state index in [0.29, 0.717) is 10.4 Å². The highest BCUT2D eigenvalue weighted by Gasteiger charge is 2.09. The Labute approximate surface area is 117 Å². The molecule has 0 fully saturated rings. The molecular formula is C13H11BrF2N2O. The lowest BCUT2D eigenvalue weighted by molar-refractivity contribution is 0.445. The highest BCUT2D eigenvalue weighted by atomic mass is 79.9. The fourth-order valence-corrected chi connectivity index (χ4v) is 1.81. The minimum Gasteiger partial charge on any atom is -0.439 e. The predicted octanol–water partition coefficient (Wildman–Crippen LogP) is 4.43. The molecule has 0 spiro atoms. The van der Waals surface area contributed by atoms with Crippen LogP contribution in [-0.4, -0.2) is 9.97 Å². The lowest BCUT2D eigenvalue weighted by Gasteiger charge is -2.09. The molecule has 100 valence electrons. The number of rotatable bonds is 3. The molecule has 0 bridgehead atoms. The number of hydrogen-bond acceptors (Lipinski definition) is 3. The van der Waals surface area contributed by atoms with Crippen molar-refractivity contribution in [3.05, 3.63) is 46.3 Å². The van der Waals surface area contributed by atoms with Crippen LogP contribution in [0, 0.1) is 11.6 Å². The molecule has 0 radical (unpaired) electrons. The second-order valence-electron chi connectivity index (χ2n) is 4.25. The van der Waals surface area contributed by atoms with E-state index in [2.05, 4.69) is 25.9 Å². The Hall–Kier alpha value is -1.56. The van der Waals surface area contributed by atoms with Crippen LogP contribution in [0.5, 0.6) is 11.6 Å². The van der Waals surface area contributed by atoms with E-state index >= 15 is 0 Å². The summed E-state index contributed by atoms with van der Waals surface area (Å²) in [5.41, 5.74) is 0. The van der Waals surface area contributed by atoms with E-state index in [4.69, 9.17) is 4.74 Å². The van der Waals surface area contributed by atoms with Crippen LogP contribution >= 0.6 is 15.9 Å². The van der Waals surface area contributed by atoms with Gasteiger partial charge in [-0.1, -0.05) is 13.8 Å². The zero-order valence-corrected chi connectivity index (χ0v) is 11.9. The first-order chi connectivity index (χ1) is 8.94. The number of aromatic nitrogens is 2. The zero-order valence-electron chi connectivity index (χ0n) is 10.3. The molecule has 2 aromatic rings. The maximum Gasteiger partial charge on any atom is 0.223 e. The summed E-state index contributed by atoms with van der Waals surface area (Å²) in [6.45, 7) is 3.88. The van der Waals surface area contributed by atoms with Crippen molar-refractivity contribution in [2.24, 2.45) is 0 Å². The summed E-state index contributed by atoms with van der Waals surface area (Å²) in [5.74, 6) is -0.418. The quantitative estimate of drug-likeness (QED) is 0.781. The van der Waals surface area contributed by atoms with Crippen molar-refractivity contribution in [1.82, 2.24) is 9.97 Å². The van der Waals surface area contributed by atoms with Gasteiger partial charge in [-0.2, -0.15) is 4.98 Å². The topological polar surface area (TPSA) is 35.0 Å². The van der Waals surface area contributed by atoms with Gasteiger partial charge in [0, 0.05) is 30.2 Å². The van der Waals surface area contributed by atoms with Gasteiger partial charge < -0.3 is 4.74 Å². The van der Waals surface area contributed by atoms with Crippen molar-refractivity contribution in [2.75, 3.05) is 0 Å². The molecule has 1 aromatic heterocycles. The molecule has 3 nitrogen and oxygen atoms in total. The largest absolute Gasteiger partial charge is 0.439 e. The van der Waals surface area contributed by atoms with E-state index < -0.39 is 11.6 Å². The Morgan fingerprint density at radius 1 is 1.05 bits per heavy atom. The number of ether oxygens (including phenoxy) is 1. The molecule has 1 heterocycles. The third-order valence-corrected chi connectivity index (χ3v) is 2.67. The minimum absolute atomic E-state index is 0.0535. The lowest BCUT2D eigenvalue weighted by Crippen LogP contribution is -2.00. The van der Waals surface area contributed by atoms with E-state index in [-0.39, 0.29) is 17.5 Å². The van der Waals surface area contributed by atoms with E-state index in [1.54, 1.807) is 0 Å². The second kappa shape index (κ2) is 5.61. The molecule has 0 atom stereocenters. The highest BCUT2D eigenvalue weighted by Crippen LogP contribution is 2.25. The Morgan fingerprint density at radius 2 is 1.68 bits per heavy atom. The summed E-state index contributed by atoms with van der Waals surface area (Å²) in [6, 6.07) is 4.50. The molecule has 2 rings (SSSR count). The molecule has 19 heavy (non-hydrogen) atoms. The Kier molecular flexibility index (Phi) is 4.09. The van der Waals surface area contributed by atoms with Crippen LogP contribution < -0.4 is 4.74 Å². The summed E-state index contributed by atoms with van der Waals surface area (Å²) in [7, 11) is 0. The number of nitrogens with zero attached hydrogens (tertiary/aromatic N) is 2. The SMILES string of the molecule is CC(C)c1nc(Br)cc(Oc2cc(F)cc(F)c2)n1. The van der Waals surface area contributed by atoms with Crippen molar-refractivity contribution >= 4 is 15.9 Å². The first kappa shape index (κ1) is 13.9. The van der Waals surface area contributed by atoms with Gasteiger partial charge in [0.25, 0.3) is 0 Å². The van der Waals surface area contributed by atoms with E-state index in [9.17, 15) is 8.78 Å². The van der Waals surface area contributed by atoms with Gasteiger partial charge in [0.2, 0.25) is 5.88 Å². The normalized spacial score (nSPS) is 10.8. The van der Waals surface area contributed by atoms with Crippen molar-refractivity contribution in [2.45, 2.75) is 19.8 Å². The van der Waals surface area contributed by atoms with Crippen LogP contribution in [0.25, 0.3) is 0 Å². The molecule has 0 aliphatic rings. The fraction of sp³-hybridized carbons (Fsp3) is 0.231. The molecule has 0 aliphatic heterocycles. The first-order valence-electron chi connectivity index (χ1n) is 5.62. The number of benzene rings is 1. The number of halogens is 3. The van der Waals surface area contributed by atoms with Gasteiger partial charge in [-0.3, -0.25) is 0 Å². The predicted molar refractivity (Wildman–Crippen MR) is 70.3 cm³/mol. The van der Waals surface area contributed by atoms with Crippen molar-refractivity contribution in [1.29, 1.82) is 0 Å². The maximum absolute atomic E-state index is 13.1. The Balaban J connectivity index is 2.32. The smallest absolute Gasteiger partial charge is 0.223 e. The molecule has 6 heteroatoms. The highest BCUT2D eigenvalue weighted by molar-refractivity contribution is 9.10. The monoisotopic (exact) mass is 328 g/mol. The summed E-state index contributed by atoms with van der Waals surface area (Å²) in [5, 5.41) is 0. The van der Waals surface area contributed by atoms with Gasteiger partial charge >= 0.3 is 0 Å². The average molecular weight is 329 g/mol. The molecule has 0 saturated heterocycles. The van der Waals surface area contributed by atoms with E-state index in [1.807, 2.05) is 13.8 Å². The maximum atomic E-state index is 13.1. The molecule has 0 amide bonds. The van der Waals surface area contributed by atoms with Crippen LogP contribution in [0.2, 0.25) is 0 Å². The van der Waals surface area contributed by atoms with E-state index in [1.165, 1.54) is 6.07 Å². The van der Waals surface area contributed by atoms with Gasteiger partial charge in [-0.15, -0.1) is 0 Å². The van der Waals surface area contributed by atoms with Crippen LogP contribution in [0.4, 0.5) is 8.78 Å². The zero-order chi connectivity index (χ0) is 14.0. The third-order valence-electron chi connectivity index (χ3n) is 2.26. The third kappa shape index (κ3) is 3.70. The molecule has 1 aromatic carbocycles. The van der Waals surface area contributed by atoms with Gasteiger partial charge in [-0.25, -0.2) is 13.8 Å². The lowest BCUT2D eigenvalue weighted by atomic mass is 10.2. The van der Waals surface area contributed by atoms with Crippen molar-refractivity contribution in [3.63, 3.8) is 0 Å². The molecule has 0 saturated carbocycles. The Bertz CT molecular complexity index is 585. The molecule has 0 aliphatic carbocycles. The summed E-state index contributed by atoms with van der Waals surface area (Å²) < 4.78 is 32.0. The van der Waals surface area contributed by atoms with Crippen LogP contribution in [0.15, 0.2) is 28.9 Å². The van der Waals surface area contributed by atoms with Crippen molar-refractivity contribution in [3.8, 4) is 11.6 Å². The molecular weight excluding hydrogens is 318 g/mol. The molecule has 0 unspecified atom stereocenters. The van der Waals surface area contributed by atoms with Gasteiger partial charge in [0.15, 0.2) is 0 Å². The first-order valence-corrected chi connectivity index (χ1v) is 6.42. The summed E-state index contributed by atoms with van der Waals surface area (Å²) >= 11 is 3.24. The van der Waals surface area contributed by atoms with Crippen molar-refractivity contribution < 1.29 is 13.5 Å². The van der Waals surface area contributed by atoms with Gasteiger partial charge in [0.1, 0.15) is 27.8 Å². The molecule has 0 N–H and O–H groups in total. The van der Waals surface area contributed by atoms with E-state index in [0.717, 1.165) is 18.2 Å². The second-order valence-corrected chi connectivity index (χ2v) is 5.06. The summed E-state index contributed by atoms with van der Waals surface area (Å²) in [4.78, 5) is 8.37.